The Labute approximate surface area is 169 Å². The molecule has 1 aromatic carbocycles. The van der Waals surface area contributed by atoms with Gasteiger partial charge < -0.3 is 5.11 Å². The zero-order valence-corrected chi connectivity index (χ0v) is 18.5. The van der Waals surface area contributed by atoms with Crippen molar-refractivity contribution < 1.29 is 13.5 Å². The third kappa shape index (κ3) is 3.86. The Bertz CT molecular complexity index is 832. The van der Waals surface area contributed by atoms with E-state index in [9.17, 15) is 13.5 Å². The molecule has 1 aromatic rings. The number of aliphatic hydroxyl groups is 1. The van der Waals surface area contributed by atoms with E-state index in [0.717, 1.165) is 37.0 Å². The number of hydrazone groups is 1. The summed E-state index contributed by atoms with van der Waals surface area (Å²) < 4.78 is 25.5. The molecule has 2 aliphatic rings. The van der Waals surface area contributed by atoms with Gasteiger partial charge in [-0.1, -0.05) is 45.4 Å². The first-order valence-electron chi connectivity index (χ1n) is 10.4. The third-order valence-electron chi connectivity index (χ3n) is 7.04. The molecule has 2 aliphatic carbocycles. The maximum absolute atomic E-state index is 12.7. The molecule has 2 N–H and O–H groups in total. The van der Waals surface area contributed by atoms with Crippen LogP contribution < -0.4 is 4.83 Å². The van der Waals surface area contributed by atoms with Crippen LogP contribution in [0.2, 0.25) is 0 Å². The standard InChI is InChI=1S/C22H34N2O3S/c1-14(2)19-11-8-17(5)22(25)13-12-16(4)21(20(19)22)23-24-28(26,27)18-9-6-15(3)7-10-18/h6-7,9-10,14,16-17,19-20,24-25H,8,11-13H2,1-5H3/t16-,17-,19-,20-,22+/m1/s1. The van der Waals surface area contributed by atoms with E-state index < -0.39 is 15.6 Å². The van der Waals surface area contributed by atoms with Crippen LogP contribution in [0.3, 0.4) is 0 Å². The number of aryl methyl sites for hydroxylation is 1. The Hall–Kier alpha value is -1.40. The predicted octanol–water partition coefficient (Wildman–Crippen LogP) is 4.11. The van der Waals surface area contributed by atoms with E-state index in [1.54, 1.807) is 24.3 Å². The molecule has 0 spiro atoms. The lowest BCUT2D eigenvalue weighted by atomic mass is 9.54. The van der Waals surface area contributed by atoms with Gasteiger partial charge in [0.25, 0.3) is 10.0 Å². The summed E-state index contributed by atoms with van der Waals surface area (Å²) in [6, 6.07) is 6.75. The second-order valence-electron chi connectivity index (χ2n) is 9.24. The zero-order chi connectivity index (χ0) is 20.7. The third-order valence-corrected chi connectivity index (χ3v) is 8.26. The monoisotopic (exact) mass is 406 g/mol. The van der Waals surface area contributed by atoms with Crippen LogP contribution in [-0.4, -0.2) is 24.8 Å². The van der Waals surface area contributed by atoms with Crippen LogP contribution >= 0.6 is 0 Å². The van der Waals surface area contributed by atoms with Gasteiger partial charge in [-0.15, -0.1) is 0 Å². The molecule has 6 heteroatoms. The number of hydrogen-bond donors (Lipinski definition) is 2. The van der Waals surface area contributed by atoms with Gasteiger partial charge >= 0.3 is 0 Å². The smallest absolute Gasteiger partial charge is 0.276 e. The summed E-state index contributed by atoms with van der Waals surface area (Å²) in [5.41, 5.74) is 1.02. The molecule has 2 fully saturated rings. The molecule has 2 saturated carbocycles. The van der Waals surface area contributed by atoms with Crippen molar-refractivity contribution >= 4 is 15.7 Å². The largest absolute Gasteiger partial charge is 0.389 e. The molecule has 3 rings (SSSR count). The van der Waals surface area contributed by atoms with Gasteiger partial charge in [0.05, 0.1) is 10.5 Å². The Morgan fingerprint density at radius 1 is 1.14 bits per heavy atom. The summed E-state index contributed by atoms with van der Waals surface area (Å²) in [6.45, 7) is 10.5. The van der Waals surface area contributed by atoms with Crippen LogP contribution in [0.25, 0.3) is 0 Å². The minimum absolute atomic E-state index is 0.0966. The molecular formula is C22H34N2O3S. The highest BCUT2D eigenvalue weighted by atomic mass is 32.2. The SMILES string of the molecule is Cc1ccc(S(=O)(=O)NN=C2[C@H](C)CC[C@]3(O)[C@H](C)CC[C@H](C(C)C)[C@H]23)cc1. The Balaban J connectivity index is 1.96. The molecule has 28 heavy (non-hydrogen) atoms. The van der Waals surface area contributed by atoms with Gasteiger partial charge in [-0.05, 0) is 68.4 Å². The number of benzene rings is 1. The van der Waals surface area contributed by atoms with E-state index in [-0.39, 0.29) is 22.6 Å². The van der Waals surface area contributed by atoms with Gasteiger partial charge in [-0.25, -0.2) is 4.83 Å². The topological polar surface area (TPSA) is 78.8 Å². The number of fused-ring (bicyclic) bond motifs is 1. The van der Waals surface area contributed by atoms with Crippen molar-refractivity contribution in [1.82, 2.24) is 4.83 Å². The fourth-order valence-electron chi connectivity index (χ4n) is 5.10. The van der Waals surface area contributed by atoms with Crippen molar-refractivity contribution in [3.05, 3.63) is 29.8 Å². The molecule has 0 aliphatic heterocycles. The summed E-state index contributed by atoms with van der Waals surface area (Å²) >= 11 is 0. The normalized spacial score (nSPS) is 35.0. The highest BCUT2D eigenvalue weighted by Gasteiger charge is 2.54. The first kappa shape index (κ1) is 21.3. The second-order valence-corrected chi connectivity index (χ2v) is 10.9. The van der Waals surface area contributed by atoms with Gasteiger partial charge in [-0.2, -0.15) is 13.5 Å². The fourth-order valence-corrected chi connectivity index (χ4v) is 5.92. The van der Waals surface area contributed by atoms with E-state index in [4.69, 9.17) is 0 Å². The van der Waals surface area contributed by atoms with E-state index in [1.807, 2.05) is 6.92 Å². The molecule has 0 saturated heterocycles. The maximum atomic E-state index is 12.7. The summed E-state index contributed by atoms with van der Waals surface area (Å²) in [4.78, 5) is 2.68. The number of sulfonamides is 1. The molecule has 0 amide bonds. The van der Waals surface area contributed by atoms with Crippen LogP contribution in [-0.2, 0) is 10.0 Å². The lowest BCUT2D eigenvalue weighted by Gasteiger charge is -2.54. The van der Waals surface area contributed by atoms with Gasteiger partial charge in [-0.3, -0.25) is 0 Å². The number of rotatable bonds is 4. The summed E-state index contributed by atoms with van der Waals surface area (Å²) in [7, 11) is -3.73. The molecule has 0 heterocycles. The van der Waals surface area contributed by atoms with Crippen molar-refractivity contribution in [3.8, 4) is 0 Å². The van der Waals surface area contributed by atoms with Crippen molar-refractivity contribution in [3.63, 3.8) is 0 Å². The second kappa shape index (κ2) is 7.79. The Morgan fingerprint density at radius 3 is 2.39 bits per heavy atom. The Kier molecular flexibility index (Phi) is 5.93. The molecule has 0 bridgehead atoms. The summed E-state index contributed by atoms with van der Waals surface area (Å²) in [5.74, 6) is 0.969. The van der Waals surface area contributed by atoms with Crippen LogP contribution in [0.15, 0.2) is 34.3 Å². The molecule has 0 aromatic heterocycles. The van der Waals surface area contributed by atoms with Crippen LogP contribution in [0.5, 0.6) is 0 Å². The van der Waals surface area contributed by atoms with Crippen molar-refractivity contribution in [2.24, 2.45) is 34.7 Å². The number of hydrogen-bond acceptors (Lipinski definition) is 4. The van der Waals surface area contributed by atoms with Crippen molar-refractivity contribution in [2.45, 2.75) is 70.8 Å². The van der Waals surface area contributed by atoms with Crippen molar-refractivity contribution in [1.29, 1.82) is 0 Å². The predicted molar refractivity (Wildman–Crippen MR) is 112 cm³/mol. The lowest BCUT2D eigenvalue weighted by Crippen LogP contribution is -2.59. The summed E-state index contributed by atoms with van der Waals surface area (Å²) in [5, 5.41) is 16.0. The van der Waals surface area contributed by atoms with Crippen LogP contribution in [0.4, 0.5) is 0 Å². The van der Waals surface area contributed by atoms with E-state index in [0.29, 0.717) is 11.8 Å². The quantitative estimate of drug-likeness (QED) is 0.739. The number of nitrogens with one attached hydrogen (secondary N) is 1. The first-order chi connectivity index (χ1) is 13.1. The van der Waals surface area contributed by atoms with Crippen LogP contribution in [0.1, 0.15) is 58.9 Å². The van der Waals surface area contributed by atoms with E-state index >= 15 is 0 Å². The average Bonchev–Trinajstić information content (AvgIpc) is 2.63. The number of nitrogens with zero attached hydrogens (tertiary/aromatic N) is 1. The fraction of sp³-hybridized carbons (Fsp3) is 0.682. The average molecular weight is 407 g/mol. The first-order valence-corrected chi connectivity index (χ1v) is 11.9. The Morgan fingerprint density at radius 2 is 1.79 bits per heavy atom. The minimum Gasteiger partial charge on any atom is -0.389 e. The molecule has 0 unspecified atom stereocenters. The van der Waals surface area contributed by atoms with Crippen molar-refractivity contribution in [2.75, 3.05) is 0 Å². The zero-order valence-electron chi connectivity index (χ0n) is 17.6. The minimum atomic E-state index is -3.73. The summed E-state index contributed by atoms with van der Waals surface area (Å²) in [6.07, 6.45) is 3.63. The lowest BCUT2D eigenvalue weighted by molar-refractivity contribution is -0.111. The molecule has 0 radical (unpaired) electrons. The van der Waals surface area contributed by atoms with Gasteiger partial charge in [0.15, 0.2) is 0 Å². The maximum Gasteiger partial charge on any atom is 0.276 e. The van der Waals surface area contributed by atoms with Gasteiger partial charge in [0.1, 0.15) is 0 Å². The van der Waals surface area contributed by atoms with E-state index in [2.05, 4.69) is 37.6 Å². The molecule has 5 atom stereocenters. The highest BCUT2D eigenvalue weighted by molar-refractivity contribution is 7.89. The van der Waals surface area contributed by atoms with Crippen LogP contribution in [0, 0.1) is 36.5 Å². The van der Waals surface area contributed by atoms with Gasteiger partial charge in [0, 0.05) is 11.6 Å². The highest BCUT2D eigenvalue weighted by Crippen LogP contribution is 2.51. The molecular weight excluding hydrogens is 372 g/mol. The molecule has 156 valence electrons. The molecule has 5 nitrogen and oxygen atoms in total. The van der Waals surface area contributed by atoms with Gasteiger partial charge in [0.2, 0.25) is 0 Å². The van der Waals surface area contributed by atoms with E-state index in [1.165, 1.54) is 0 Å².